The zero-order valence-corrected chi connectivity index (χ0v) is 19.2. The molecule has 3 aliphatic rings. The van der Waals surface area contributed by atoms with Gasteiger partial charge in [-0.05, 0) is 62.8 Å². The van der Waals surface area contributed by atoms with Crippen LogP contribution in [-0.2, 0) is 11.3 Å². The fourth-order valence-electron chi connectivity index (χ4n) is 5.89. The average Bonchev–Trinajstić information content (AvgIpc) is 2.76. The number of aryl methyl sites for hydroxylation is 1. The molecule has 176 valence electrons. The summed E-state index contributed by atoms with van der Waals surface area (Å²) in [6.07, 6.45) is 1.90. The molecule has 3 heterocycles. The van der Waals surface area contributed by atoms with E-state index in [0.29, 0.717) is 23.8 Å². The molecule has 4 atom stereocenters. The number of hydrogen-bond donors (Lipinski definition) is 3. The molecule has 7 heteroatoms. The summed E-state index contributed by atoms with van der Waals surface area (Å²) < 4.78 is 12.9. The number of hydrogen-bond acceptors (Lipinski definition) is 6. The number of ether oxygens (including phenoxy) is 2. The lowest BCUT2D eigenvalue weighted by atomic mass is 9.70. The highest BCUT2D eigenvalue weighted by Gasteiger charge is 2.51. The van der Waals surface area contributed by atoms with Crippen molar-refractivity contribution in [3.63, 3.8) is 0 Å². The first-order chi connectivity index (χ1) is 15.6. The van der Waals surface area contributed by atoms with Gasteiger partial charge in [-0.1, -0.05) is 18.2 Å². The molecule has 0 bridgehead atoms. The van der Waals surface area contributed by atoms with E-state index in [4.69, 9.17) is 9.47 Å². The molecule has 7 nitrogen and oxygen atoms in total. The smallest absolute Gasteiger partial charge is 0.339 e. The minimum Gasteiger partial charge on any atom is -0.507 e. The Kier molecular flexibility index (Phi) is 5.29. The number of carbonyl (C=O) groups is 1. The molecule has 0 radical (unpaired) electrons. The SMILES string of the molecule is Cc1cc(CN2CC[C@@H]3O[C@@H]4c5cccc(O)c5OC(C)(C)[C@H]4C[C@@H]3C2)cc(C(=O)O)c1O. The zero-order chi connectivity index (χ0) is 23.5. The van der Waals surface area contributed by atoms with Crippen molar-refractivity contribution in [2.24, 2.45) is 11.8 Å². The van der Waals surface area contributed by atoms with Crippen LogP contribution in [0, 0.1) is 18.8 Å². The monoisotopic (exact) mass is 453 g/mol. The zero-order valence-electron chi connectivity index (χ0n) is 19.2. The molecule has 0 aliphatic carbocycles. The van der Waals surface area contributed by atoms with Crippen LogP contribution in [0.25, 0.3) is 0 Å². The van der Waals surface area contributed by atoms with Crippen molar-refractivity contribution in [1.29, 1.82) is 0 Å². The van der Waals surface area contributed by atoms with Gasteiger partial charge in [0.15, 0.2) is 11.5 Å². The van der Waals surface area contributed by atoms with Crippen LogP contribution in [0.4, 0.5) is 0 Å². The van der Waals surface area contributed by atoms with Crippen LogP contribution in [0.1, 0.15) is 59.8 Å². The summed E-state index contributed by atoms with van der Waals surface area (Å²) in [5.41, 5.74) is 1.88. The first-order valence-electron chi connectivity index (χ1n) is 11.6. The maximum atomic E-state index is 11.5. The third-order valence-electron chi connectivity index (χ3n) is 7.58. The van der Waals surface area contributed by atoms with Crippen LogP contribution < -0.4 is 4.74 Å². The van der Waals surface area contributed by atoms with Gasteiger partial charge in [0.05, 0.1) is 12.2 Å². The second-order valence-corrected chi connectivity index (χ2v) is 10.2. The molecule has 2 aromatic carbocycles. The first-order valence-corrected chi connectivity index (χ1v) is 11.6. The molecule has 3 aliphatic heterocycles. The Balaban J connectivity index is 1.35. The van der Waals surface area contributed by atoms with Crippen LogP contribution in [0.2, 0.25) is 0 Å². The number of aromatic hydroxyl groups is 2. The van der Waals surface area contributed by atoms with Crippen molar-refractivity contribution in [3.8, 4) is 17.2 Å². The van der Waals surface area contributed by atoms with E-state index in [1.807, 2.05) is 18.2 Å². The number of para-hydroxylation sites is 1. The van der Waals surface area contributed by atoms with Gasteiger partial charge in [0.25, 0.3) is 0 Å². The Hall–Kier alpha value is -2.77. The van der Waals surface area contributed by atoms with E-state index in [1.165, 1.54) is 0 Å². The van der Waals surface area contributed by atoms with Crippen molar-refractivity contribution >= 4 is 5.97 Å². The third-order valence-corrected chi connectivity index (χ3v) is 7.58. The molecule has 0 unspecified atom stereocenters. The maximum Gasteiger partial charge on any atom is 0.339 e. The van der Waals surface area contributed by atoms with Crippen LogP contribution in [0.3, 0.4) is 0 Å². The van der Waals surface area contributed by atoms with Gasteiger partial charge in [0, 0.05) is 31.1 Å². The molecule has 2 aromatic rings. The molecule has 3 N–H and O–H groups in total. The summed E-state index contributed by atoms with van der Waals surface area (Å²) in [5, 5.41) is 29.8. The molecule has 0 amide bonds. The van der Waals surface area contributed by atoms with E-state index in [-0.39, 0.29) is 35.2 Å². The lowest BCUT2D eigenvalue weighted by Gasteiger charge is -2.53. The number of likely N-dealkylation sites (tertiary alicyclic amines) is 1. The van der Waals surface area contributed by atoms with Gasteiger partial charge < -0.3 is 24.8 Å². The Bertz CT molecular complexity index is 1100. The number of fused-ring (bicyclic) bond motifs is 4. The number of nitrogens with zero attached hydrogens (tertiary/aromatic N) is 1. The summed E-state index contributed by atoms with van der Waals surface area (Å²) >= 11 is 0. The summed E-state index contributed by atoms with van der Waals surface area (Å²) in [4.78, 5) is 13.8. The highest BCUT2D eigenvalue weighted by molar-refractivity contribution is 5.91. The van der Waals surface area contributed by atoms with Gasteiger partial charge in [-0.15, -0.1) is 0 Å². The van der Waals surface area contributed by atoms with Crippen molar-refractivity contribution in [3.05, 3.63) is 52.6 Å². The van der Waals surface area contributed by atoms with E-state index in [0.717, 1.165) is 37.1 Å². The topological polar surface area (TPSA) is 99.5 Å². The molecular weight excluding hydrogens is 422 g/mol. The average molecular weight is 454 g/mol. The van der Waals surface area contributed by atoms with Gasteiger partial charge in [-0.3, -0.25) is 4.90 Å². The number of piperidine rings is 1. The molecule has 33 heavy (non-hydrogen) atoms. The highest BCUT2D eigenvalue weighted by atomic mass is 16.5. The molecule has 5 rings (SSSR count). The quantitative estimate of drug-likeness (QED) is 0.639. The number of rotatable bonds is 3. The van der Waals surface area contributed by atoms with E-state index in [1.54, 1.807) is 19.1 Å². The van der Waals surface area contributed by atoms with Gasteiger partial charge in [-0.25, -0.2) is 4.79 Å². The second kappa shape index (κ2) is 7.92. The summed E-state index contributed by atoms with van der Waals surface area (Å²) in [5.74, 6) is -0.0706. The van der Waals surface area contributed by atoms with Gasteiger partial charge >= 0.3 is 5.97 Å². The molecule has 2 fully saturated rings. The Morgan fingerprint density at radius 2 is 2.03 bits per heavy atom. The number of benzene rings is 2. The van der Waals surface area contributed by atoms with Crippen molar-refractivity contribution in [1.82, 2.24) is 4.90 Å². The molecule has 0 spiro atoms. The molecule has 0 saturated carbocycles. The fourth-order valence-corrected chi connectivity index (χ4v) is 5.89. The number of carboxylic acids is 1. The Labute approximate surface area is 193 Å². The van der Waals surface area contributed by atoms with Crippen LogP contribution in [-0.4, -0.2) is 51.0 Å². The summed E-state index contributed by atoms with van der Waals surface area (Å²) in [6.45, 7) is 8.21. The largest absolute Gasteiger partial charge is 0.507 e. The van der Waals surface area contributed by atoms with Crippen LogP contribution in [0.5, 0.6) is 17.2 Å². The van der Waals surface area contributed by atoms with Crippen molar-refractivity contribution in [2.45, 2.75) is 58.0 Å². The van der Waals surface area contributed by atoms with Gasteiger partial charge in [-0.2, -0.15) is 0 Å². The molecule has 2 saturated heterocycles. The minimum atomic E-state index is -1.12. The summed E-state index contributed by atoms with van der Waals surface area (Å²) in [6, 6.07) is 8.93. The lowest BCUT2D eigenvalue weighted by molar-refractivity contribution is -0.188. The second-order valence-electron chi connectivity index (χ2n) is 10.2. The number of aromatic carboxylic acids is 1. The number of carboxylic acid groups (broad SMARTS) is 1. The Morgan fingerprint density at radius 1 is 1.24 bits per heavy atom. The lowest BCUT2D eigenvalue weighted by Crippen LogP contribution is -2.55. The van der Waals surface area contributed by atoms with E-state index in [2.05, 4.69) is 18.7 Å². The number of phenols is 2. The predicted octanol–water partition coefficient (Wildman–Crippen LogP) is 4.24. The third kappa shape index (κ3) is 3.83. The van der Waals surface area contributed by atoms with Gasteiger partial charge in [0.1, 0.15) is 16.9 Å². The maximum absolute atomic E-state index is 11.5. The van der Waals surface area contributed by atoms with E-state index < -0.39 is 11.6 Å². The highest BCUT2D eigenvalue weighted by Crippen LogP contribution is 2.54. The first kappa shape index (κ1) is 22.0. The Morgan fingerprint density at radius 3 is 2.79 bits per heavy atom. The fraction of sp³-hybridized carbons (Fsp3) is 0.500. The normalized spacial score (nSPS) is 28.2. The van der Waals surface area contributed by atoms with Crippen molar-refractivity contribution < 1.29 is 29.6 Å². The standard InChI is InChI=1S/C26H31NO6/c1-14-9-15(10-18(22(14)29)25(30)31)12-27-8-7-21-16(13-27)11-19-23(32-21)17-5-4-6-20(28)24(17)33-26(19,2)3/h4-6,9-10,16,19,21,23,28-29H,7-8,11-13H2,1-3H3,(H,30,31)/t16-,19+,21+,23-/m1/s1. The minimum absolute atomic E-state index is 0.0493. The van der Waals surface area contributed by atoms with Crippen LogP contribution in [0.15, 0.2) is 30.3 Å². The van der Waals surface area contributed by atoms with Gasteiger partial charge in [0.2, 0.25) is 0 Å². The van der Waals surface area contributed by atoms with Crippen molar-refractivity contribution in [2.75, 3.05) is 13.1 Å². The summed E-state index contributed by atoms with van der Waals surface area (Å²) in [7, 11) is 0. The van der Waals surface area contributed by atoms with Crippen LogP contribution >= 0.6 is 0 Å². The van der Waals surface area contributed by atoms with E-state index in [9.17, 15) is 20.1 Å². The van der Waals surface area contributed by atoms with E-state index >= 15 is 0 Å². The number of phenolic OH excluding ortho intramolecular Hbond substituents is 1. The molecule has 0 aromatic heterocycles. The predicted molar refractivity (Wildman–Crippen MR) is 122 cm³/mol. The molecular formula is C26H31NO6.